The number of halogens is 1. The van der Waals surface area contributed by atoms with Crippen LogP contribution in [0.15, 0.2) is 25.3 Å². The number of rotatable bonds is 4. The third-order valence-electron chi connectivity index (χ3n) is 5.07. The summed E-state index contributed by atoms with van der Waals surface area (Å²) in [6, 6.07) is 0. The lowest BCUT2D eigenvalue weighted by Crippen LogP contribution is -2.69. The second-order valence-corrected chi connectivity index (χ2v) is 6.53. The van der Waals surface area contributed by atoms with Gasteiger partial charge in [0.25, 0.3) is 0 Å². The maximum absolute atomic E-state index is 15.2. The number of hydrogen-bond acceptors (Lipinski definition) is 4. The molecular formula is C16H19FO4. The van der Waals surface area contributed by atoms with Crippen molar-refractivity contribution in [3.05, 3.63) is 25.3 Å². The van der Waals surface area contributed by atoms with Crippen LogP contribution in [0.1, 0.15) is 32.1 Å². The Morgan fingerprint density at radius 3 is 1.67 bits per heavy atom. The average molecular weight is 294 g/mol. The monoisotopic (exact) mass is 294 g/mol. The number of carbonyl (C=O) groups is 2. The van der Waals surface area contributed by atoms with E-state index < -0.39 is 29.3 Å². The molecule has 114 valence electrons. The van der Waals surface area contributed by atoms with E-state index in [0.29, 0.717) is 25.7 Å². The van der Waals surface area contributed by atoms with Crippen LogP contribution >= 0.6 is 0 Å². The first kappa shape index (κ1) is 14.3. The van der Waals surface area contributed by atoms with Crippen molar-refractivity contribution in [1.29, 1.82) is 0 Å². The van der Waals surface area contributed by atoms with E-state index in [-0.39, 0.29) is 11.8 Å². The van der Waals surface area contributed by atoms with Crippen molar-refractivity contribution in [2.75, 3.05) is 0 Å². The molecule has 0 atom stereocenters. The lowest BCUT2D eigenvalue weighted by Gasteiger charge is -2.61. The molecule has 0 spiro atoms. The minimum absolute atomic E-state index is 0.222. The van der Waals surface area contributed by atoms with Crippen LogP contribution in [0.4, 0.5) is 4.39 Å². The highest BCUT2D eigenvalue weighted by Crippen LogP contribution is 2.61. The first-order valence-electron chi connectivity index (χ1n) is 7.28. The Morgan fingerprint density at radius 2 is 1.33 bits per heavy atom. The van der Waals surface area contributed by atoms with E-state index in [9.17, 15) is 9.59 Å². The molecule has 4 nitrogen and oxygen atoms in total. The molecule has 21 heavy (non-hydrogen) atoms. The molecule has 4 rings (SSSR count). The van der Waals surface area contributed by atoms with E-state index in [1.54, 1.807) is 0 Å². The van der Waals surface area contributed by atoms with E-state index in [4.69, 9.17) is 9.47 Å². The number of alkyl halides is 1. The molecule has 4 saturated carbocycles. The summed E-state index contributed by atoms with van der Waals surface area (Å²) in [5.41, 5.74) is -2.34. The second kappa shape index (κ2) is 4.68. The smallest absolute Gasteiger partial charge is 0.330 e. The second-order valence-electron chi connectivity index (χ2n) is 6.53. The summed E-state index contributed by atoms with van der Waals surface area (Å²) < 4.78 is 26.0. The summed E-state index contributed by atoms with van der Waals surface area (Å²) in [5.74, 6) is -0.797. The van der Waals surface area contributed by atoms with Crippen molar-refractivity contribution in [3.63, 3.8) is 0 Å². The molecule has 4 aliphatic carbocycles. The molecular weight excluding hydrogens is 275 g/mol. The predicted molar refractivity (Wildman–Crippen MR) is 73.0 cm³/mol. The zero-order valence-electron chi connectivity index (χ0n) is 11.8. The fraction of sp³-hybridized carbons (Fsp3) is 0.625. The normalized spacial score (nSPS) is 43.2. The highest BCUT2D eigenvalue weighted by Gasteiger charge is 2.68. The van der Waals surface area contributed by atoms with Gasteiger partial charge in [0, 0.05) is 12.2 Å². The minimum atomic E-state index is -1.49. The quantitative estimate of drug-likeness (QED) is 0.590. The van der Waals surface area contributed by atoms with Gasteiger partial charge in [-0.2, -0.15) is 0 Å². The molecule has 0 aromatic rings. The van der Waals surface area contributed by atoms with E-state index in [2.05, 4.69) is 13.2 Å². The van der Waals surface area contributed by atoms with Crippen LogP contribution in [0.5, 0.6) is 0 Å². The molecule has 0 saturated heterocycles. The van der Waals surface area contributed by atoms with Gasteiger partial charge in [0.15, 0.2) is 6.17 Å². The molecule has 4 bridgehead atoms. The molecule has 0 radical (unpaired) electrons. The highest BCUT2D eigenvalue weighted by molar-refractivity contribution is 5.82. The standard InChI is InChI=1S/C16H19FO4/c1-3-12(18)20-15-6-10-5-11(7-15)9-16(8-10,14(15)17)21-13(19)4-2/h3-4,10-11,14H,1-2,5-9H2. The molecule has 4 fully saturated rings. The van der Waals surface area contributed by atoms with Gasteiger partial charge in [0.05, 0.1) is 0 Å². The summed E-state index contributed by atoms with van der Waals surface area (Å²) in [4.78, 5) is 23.2. The Morgan fingerprint density at radius 1 is 0.952 bits per heavy atom. The molecule has 0 unspecified atom stereocenters. The Kier molecular flexibility index (Phi) is 3.19. The molecule has 0 amide bonds. The van der Waals surface area contributed by atoms with Crippen molar-refractivity contribution in [2.45, 2.75) is 49.5 Å². The van der Waals surface area contributed by atoms with Crippen molar-refractivity contribution >= 4 is 11.9 Å². The SMILES string of the molecule is C=CC(=O)OC12CC3CC(C1)CC(OC(=O)C=C)(C3)C2F. The van der Waals surface area contributed by atoms with Crippen molar-refractivity contribution < 1.29 is 23.5 Å². The Balaban J connectivity index is 1.93. The highest BCUT2D eigenvalue weighted by atomic mass is 19.1. The maximum Gasteiger partial charge on any atom is 0.330 e. The van der Waals surface area contributed by atoms with Gasteiger partial charge in [0.1, 0.15) is 11.2 Å². The van der Waals surface area contributed by atoms with Crippen molar-refractivity contribution in [2.24, 2.45) is 11.8 Å². The summed E-state index contributed by atoms with van der Waals surface area (Å²) in [6.45, 7) is 6.73. The van der Waals surface area contributed by atoms with E-state index >= 15 is 4.39 Å². The summed E-state index contributed by atoms with van der Waals surface area (Å²) in [5, 5.41) is 0. The van der Waals surface area contributed by atoms with Gasteiger partial charge in [-0.15, -0.1) is 0 Å². The predicted octanol–water partition coefficient (Wildman–Crippen LogP) is 2.48. The summed E-state index contributed by atoms with van der Waals surface area (Å²) in [7, 11) is 0. The van der Waals surface area contributed by atoms with Crippen LogP contribution in [0.2, 0.25) is 0 Å². The maximum atomic E-state index is 15.2. The van der Waals surface area contributed by atoms with Crippen LogP contribution in [-0.4, -0.2) is 29.3 Å². The van der Waals surface area contributed by atoms with Gasteiger partial charge >= 0.3 is 11.9 Å². The zero-order chi connectivity index (χ0) is 15.3. The topological polar surface area (TPSA) is 52.6 Å². The first-order valence-corrected chi connectivity index (χ1v) is 7.28. The van der Waals surface area contributed by atoms with Crippen LogP contribution in [0.25, 0.3) is 0 Å². The number of ether oxygens (including phenoxy) is 2. The van der Waals surface area contributed by atoms with Gasteiger partial charge in [0.2, 0.25) is 0 Å². The van der Waals surface area contributed by atoms with Gasteiger partial charge in [-0.1, -0.05) is 13.2 Å². The average Bonchev–Trinajstić information content (AvgIpc) is 2.43. The minimum Gasteiger partial charge on any atom is -0.453 e. The largest absolute Gasteiger partial charge is 0.453 e. The molecule has 0 aliphatic heterocycles. The Labute approximate surface area is 123 Å². The zero-order valence-corrected chi connectivity index (χ0v) is 11.8. The summed E-state index contributed by atoms with van der Waals surface area (Å²) >= 11 is 0. The first-order chi connectivity index (χ1) is 9.93. The lowest BCUT2D eigenvalue weighted by molar-refractivity contribution is -0.262. The number of carbonyl (C=O) groups excluding carboxylic acids is 2. The van der Waals surface area contributed by atoms with Crippen molar-refractivity contribution in [3.8, 4) is 0 Å². The fourth-order valence-electron chi connectivity index (χ4n) is 4.72. The number of hydrogen-bond donors (Lipinski definition) is 0. The molecule has 0 N–H and O–H groups in total. The molecule has 5 heteroatoms. The molecule has 0 aromatic carbocycles. The molecule has 0 aromatic heterocycles. The fourth-order valence-corrected chi connectivity index (χ4v) is 4.72. The number of esters is 2. The van der Waals surface area contributed by atoms with E-state index in [0.717, 1.165) is 18.6 Å². The van der Waals surface area contributed by atoms with Gasteiger partial charge in [-0.25, -0.2) is 14.0 Å². The van der Waals surface area contributed by atoms with Gasteiger partial charge in [-0.05, 0) is 43.9 Å². The Bertz CT molecular complexity index is 456. The van der Waals surface area contributed by atoms with Crippen LogP contribution < -0.4 is 0 Å². The lowest BCUT2D eigenvalue weighted by atomic mass is 9.51. The van der Waals surface area contributed by atoms with E-state index in [1.807, 2.05) is 0 Å². The van der Waals surface area contributed by atoms with E-state index in [1.165, 1.54) is 0 Å². The third-order valence-corrected chi connectivity index (χ3v) is 5.07. The summed E-state index contributed by atoms with van der Waals surface area (Å²) in [6.07, 6.45) is 3.57. The van der Waals surface area contributed by atoms with Crippen LogP contribution in [0, 0.1) is 11.8 Å². The van der Waals surface area contributed by atoms with Crippen molar-refractivity contribution in [1.82, 2.24) is 0 Å². The molecule has 4 aliphatic rings. The molecule has 0 heterocycles. The third kappa shape index (κ3) is 2.10. The Hall–Kier alpha value is -1.65. The van der Waals surface area contributed by atoms with Crippen LogP contribution in [0.3, 0.4) is 0 Å². The van der Waals surface area contributed by atoms with Gasteiger partial charge < -0.3 is 9.47 Å². The van der Waals surface area contributed by atoms with Gasteiger partial charge in [-0.3, -0.25) is 0 Å². The van der Waals surface area contributed by atoms with Crippen LogP contribution in [-0.2, 0) is 19.1 Å².